The number of rotatable bonds is 3. The summed E-state index contributed by atoms with van der Waals surface area (Å²) in [4.78, 5) is 8.28. The molecule has 3 aliphatic heterocycles. The normalized spacial score (nSPS) is 18.7. The van der Waals surface area contributed by atoms with Crippen molar-refractivity contribution >= 4 is 38.5 Å². The molecule has 8 rings (SSSR count). The standard InChI is InChI=1S/C37H30N4S/c1-23-9-7-16-39-35(23)25-19-26(36-24(2)10-8-17-40-36)21-27(20-25)41-31-13-5-3-11-28(31)34-30-22-38-18-15-33(30)42-37(34)29-12-4-6-14-32(29)41/h3-22,35-36,39-40H,1-2H3. The third-order valence-corrected chi connectivity index (χ3v) is 9.73. The highest BCUT2D eigenvalue weighted by Crippen LogP contribution is 2.55. The molecule has 204 valence electrons. The highest BCUT2D eigenvalue weighted by molar-refractivity contribution is 7.23. The van der Waals surface area contributed by atoms with E-state index in [0.717, 1.165) is 5.69 Å². The van der Waals surface area contributed by atoms with Crippen LogP contribution in [-0.2, 0) is 0 Å². The average molecular weight is 563 g/mol. The number of hydrogen-bond acceptors (Lipinski definition) is 5. The predicted octanol–water partition coefficient (Wildman–Crippen LogP) is 9.62. The molecule has 5 heteroatoms. The molecule has 0 radical (unpaired) electrons. The molecule has 4 nitrogen and oxygen atoms in total. The van der Waals surface area contributed by atoms with E-state index in [2.05, 4.69) is 131 Å². The predicted molar refractivity (Wildman–Crippen MR) is 176 cm³/mol. The number of anilines is 3. The van der Waals surface area contributed by atoms with Crippen molar-refractivity contribution in [3.8, 4) is 21.6 Å². The van der Waals surface area contributed by atoms with Crippen molar-refractivity contribution < 1.29 is 0 Å². The Hall–Kier alpha value is -4.87. The van der Waals surface area contributed by atoms with Gasteiger partial charge in [0.25, 0.3) is 0 Å². The molecule has 0 bridgehead atoms. The van der Waals surface area contributed by atoms with Gasteiger partial charge >= 0.3 is 0 Å². The van der Waals surface area contributed by atoms with Crippen molar-refractivity contribution in [3.05, 3.63) is 144 Å². The zero-order valence-electron chi connectivity index (χ0n) is 23.5. The quantitative estimate of drug-likeness (QED) is 0.225. The first-order valence-corrected chi connectivity index (χ1v) is 15.2. The molecule has 0 aliphatic carbocycles. The van der Waals surface area contributed by atoms with Crippen molar-refractivity contribution in [2.75, 3.05) is 4.90 Å². The third-order valence-electron chi connectivity index (χ3n) is 8.53. The van der Waals surface area contributed by atoms with Crippen molar-refractivity contribution in [1.82, 2.24) is 15.6 Å². The SMILES string of the molecule is CC1=CC=CNC1c1cc(C2NC=CC=C2C)cc(N2c3ccccc3-c3sc4ccncc4c3-c3ccccc32)c1. The Labute approximate surface area is 250 Å². The van der Waals surface area contributed by atoms with E-state index in [9.17, 15) is 0 Å². The Kier molecular flexibility index (Phi) is 5.86. The van der Waals surface area contributed by atoms with Gasteiger partial charge in [-0.15, -0.1) is 11.3 Å². The van der Waals surface area contributed by atoms with Crippen LogP contribution in [0.3, 0.4) is 0 Å². The number of dihydropyridines is 2. The molecule has 5 aromatic rings. The summed E-state index contributed by atoms with van der Waals surface area (Å²) in [5, 5.41) is 8.43. The van der Waals surface area contributed by atoms with Crippen LogP contribution in [0, 0.1) is 0 Å². The fraction of sp³-hybridized carbons (Fsp3) is 0.108. The van der Waals surface area contributed by atoms with Gasteiger partial charge in [0.1, 0.15) is 0 Å². The number of fused-ring (bicyclic) bond motifs is 7. The number of thiophene rings is 1. The Morgan fingerprint density at radius 3 is 2.02 bits per heavy atom. The van der Waals surface area contributed by atoms with Gasteiger partial charge in [-0.1, -0.05) is 54.6 Å². The molecule has 0 saturated carbocycles. The van der Waals surface area contributed by atoms with Gasteiger partial charge in [-0.3, -0.25) is 4.98 Å². The summed E-state index contributed by atoms with van der Waals surface area (Å²) in [7, 11) is 0. The zero-order valence-corrected chi connectivity index (χ0v) is 24.3. The molecule has 0 spiro atoms. The molecule has 5 heterocycles. The van der Waals surface area contributed by atoms with Crippen molar-refractivity contribution in [3.63, 3.8) is 0 Å². The molecule has 2 unspecified atom stereocenters. The Morgan fingerprint density at radius 2 is 1.36 bits per heavy atom. The number of para-hydroxylation sites is 2. The lowest BCUT2D eigenvalue weighted by atomic mass is 9.90. The lowest BCUT2D eigenvalue weighted by Gasteiger charge is -2.31. The van der Waals surface area contributed by atoms with E-state index in [4.69, 9.17) is 0 Å². The zero-order chi connectivity index (χ0) is 28.2. The molecule has 3 aromatic carbocycles. The van der Waals surface area contributed by atoms with Crippen LogP contribution in [0.5, 0.6) is 0 Å². The number of nitrogens with one attached hydrogen (secondary N) is 2. The van der Waals surface area contributed by atoms with Gasteiger partial charge in [-0.2, -0.15) is 0 Å². The van der Waals surface area contributed by atoms with E-state index in [1.54, 1.807) is 0 Å². The van der Waals surface area contributed by atoms with E-state index in [0.29, 0.717) is 0 Å². The monoisotopic (exact) mass is 562 g/mol. The van der Waals surface area contributed by atoms with E-state index < -0.39 is 0 Å². The first kappa shape index (κ1) is 24.9. The Morgan fingerprint density at radius 1 is 0.738 bits per heavy atom. The minimum Gasteiger partial charge on any atom is -0.380 e. The van der Waals surface area contributed by atoms with Crippen LogP contribution in [0.1, 0.15) is 37.1 Å². The second-order valence-corrected chi connectivity index (χ2v) is 12.2. The van der Waals surface area contributed by atoms with Gasteiger partial charge in [-0.05, 0) is 91.0 Å². The maximum atomic E-state index is 4.53. The summed E-state index contributed by atoms with van der Waals surface area (Å²) in [6.07, 6.45) is 16.6. The van der Waals surface area contributed by atoms with Crippen molar-refractivity contribution in [1.29, 1.82) is 0 Å². The third kappa shape index (κ3) is 3.92. The molecule has 0 saturated heterocycles. The minimum atomic E-state index is 0.103. The first-order valence-electron chi connectivity index (χ1n) is 14.4. The first-order chi connectivity index (χ1) is 20.7. The van der Waals surface area contributed by atoms with Gasteiger partial charge in [0.2, 0.25) is 0 Å². The van der Waals surface area contributed by atoms with Crippen LogP contribution < -0.4 is 15.5 Å². The molecule has 0 fully saturated rings. The minimum absolute atomic E-state index is 0.103. The smallest absolute Gasteiger partial charge is 0.0723 e. The van der Waals surface area contributed by atoms with Crippen LogP contribution in [-0.4, -0.2) is 4.98 Å². The van der Waals surface area contributed by atoms with Gasteiger partial charge < -0.3 is 15.5 Å². The van der Waals surface area contributed by atoms with E-state index in [-0.39, 0.29) is 12.1 Å². The van der Waals surface area contributed by atoms with Gasteiger partial charge in [0.15, 0.2) is 0 Å². The molecular formula is C37H30N4S. The molecule has 0 amide bonds. The van der Waals surface area contributed by atoms with Crippen LogP contribution in [0.2, 0.25) is 0 Å². The second-order valence-electron chi connectivity index (χ2n) is 11.1. The van der Waals surface area contributed by atoms with Crippen LogP contribution in [0.4, 0.5) is 17.1 Å². The summed E-state index contributed by atoms with van der Waals surface area (Å²) < 4.78 is 1.26. The largest absolute Gasteiger partial charge is 0.380 e. The molecule has 42 heavy (non-hydrogen) atoms. The van der Waals surface area contributed by atoms with Crippen LogP contribution in [0.25, 0.3) is 31.7 Å². The number of hydrogen-bond donors (Lipinski definition) is 2. The summed E-state index contributed by atoms with van der Waals surface area (Å²) in [5.74, 6) is 0. The van der Waals surface area contributed by atoms with Crippen LogP contribution >= 0.6 is 11.3 Å². The Balaban J connectivity index is 1.41. The molecule has 2 atom stereocenters. The average Bonchev–Trinajstić information content (AvgIpc) is 3.36. The number of allylic oxidation sites excluding steroid dienone is 4. The van der Waals surface area contributed by atoms with Crippen LogP contribution in [0.15, 0.2) is 133 Å². The Bertz CT molecular complexity index is 1940. The van der Waals surface area contributed by atoms with E-state index in [1.165, 1.54) is 65.3 Å². The summed E-state index contributed by atoms with van der Waals surface area (Å²) in [6.45, 7) is 4.40. The fourth-order valence-corrected chi connectivity index (χ4v) is 7.76. The maximum Gasteiger partial charge on any atom is 0.0723 e. The lowest BCUT2D eigenvalue weighted by Crippen LogP contribution is -2.23. The van der Waals surface area contributed by atoms with Crippen molar-refractivity contribution in [2.45, 2.75) is 25.9 Å². The lowest BCUT2D eigenvalue weighted by molar-refractivity contribution is 0.683. The summed E-state index contributed by atoms with van der Waals surface area (Å²) in [5.41, 5.74) is 12.3. The van der Waals surface area contributed by atoms with Gasteiger partial charge in [0.05, 0.1) is 23.5 Å². The topological polar surface area (TPSA) is 40.2 Å². The highest BCUT2D eigenvalue weighted by atomic mass is 32.1. The molecule has 2 N–H and O–H groups in total. The van der Waals surface area contributed by atoms with E-state index >= 15 is 0 Å². The van der Waals surface area contributed by atoms with Crippen molar-refractivity contribution in [2.24, 2.45) is 0 Å². The van der Waals surface area contributed by atoms with Gasteiger partial charge in [-0.25, -0.2) is 0 Å². The molecule has 2 aromatic heterocycles. The second kappa shape index (κ2) is 9.89. The van der Waals surface area contributed by atoms with Gasteiger partial charge in [0, 0.05) is 49.7 Å². The number of pyridine rings is 1. The molecular weight excluding hydrogens is 533 g/mol. The fourth-order valence-electron chi connectivity index (χ4n) is 6.55. The number of aromatic nitrogens is 1. The molecule has 3 aliphatic rings. The number of benzene rings is 3. The van der Waals surface area contributed by atoms with E-state index in [1.807, 2.05) is 36.1 Å². The summed E-state index contributed by atoms with van der Waals surface area (Å²) >= 11 is 1.85. The summed E-state index contributed by atoms with van der Waals surface area (Å²) in [6, 6.07) is 27.1. The highest BCUT2D eigenvalue weighted by Gasteiger charge is 2.30. The number of nitrogens with zero attached hydrogens (tertiary/aromatic N) is 2. The maximum absolute atomic E-state index is 4.53.